The summed E-state index contributed by atoms with van der Waals surface area (Å²) in [6.07, 6.45) is 8.09. The van der Waals surface area contributed by atoms with Crippen LogP contribution in [0.3, 0.4) is 0 Å². The molecule has 0 aliphatic rings. The fraction of sp³-hybridized carbons (Fsp3) is 0.184. The van der Waals surface area contributed by atoms with Crippen molar-refractivity contribution in [3.05, 3.63) is 434 Å². The fourth-order valence-corrected chi connectivity index (χ4v) is 14.7. The van der Waals surface area contributed by atoms with Crippen LogP contribution in [0.4, 0.5) is 65.9 Å². The predicted octanol–water partition coefficient (Wildman–Crippen LogP) is 43.6. The van der Waals surface area contributed by atoms with E-state index in [0.717, 1.165) is 168 Å². The van der Waals surface area contributed by atoms with Gasteiger partial charge in [-0.1, -0.05) is 323 Å². The summed E-state index contributed by atoms with van der Waals surface area (Å²) >= 11 is 3.12. The highest BCUT2D eigenvalue weighted by Gasteiger charge is 2.24. The van der Waals surface area contributed by atoms with Gasteiger partial charge in [-0.25, -0.2) is 52.7 Å². The van der Waals surface area contributed by atoms with Crippen molar-refractivity contribution in [1.82, 2.24) is 0 Å². The largest absolute Gasteiger partial charge is 0.491 e. The average Bonchev–Trinajstić information content (AvgIpc) is 0.796. The highest BCUT2D eigenvalue weighted by Crippen LogP contribution is 2.36. The molecule has 4 N–H and O–H groups in total. The standard InChI is InChI=1S/C24H18F6.C22H17F3O.C21H17F3.C15H16BFO2.C15H15F.C9H13BO2.C6H4BrF.2CH4.50H2/c1-2-3-15-4-6-16(7-5-15)17-8-9-19(21(25)12-17)18-13-22(26)20(23(27)14-18)10-11-24(28,29)30;1-2-3-14-4-6-15(7-5-14)16-8-9-18(20(23)10-16)17-11-21(24)19(13-26)22(25)12-17;1-2-3-14-4-6-15(7-5-14)16-8-9-20(21(24)12-16)17-10-18(22)13-19(23)11-17;1-2-3-11-4-6-12(7-5-11)13-8-9-14(16(18)19)15(17)10-13;1-2-4-12-7-9-13(10-8-12)14-5-3-6-15(16)11-14;1-2-3-8-4-6-9(7-5-8)10(11)12;7-5-2-1-3-6(8)4-5;;;;;;;;;;;;;;;;;;;;;;;;;;;;;;;;;;;;;;;;;;;;;;;;;;;;/h4-14H,2-3H2,1H3;4-13H,2-3H2,1H3;4-13H,2-3H2,1H3;4-10,18-19H,2-3H2,1H3;3,5-11H,2,4H2,1H3;4-7,11-12H,2-3H2,1H3;1-4H;2*1H4;50*1H/b11-10+;;;;;;;;;;;;;;;;;;;;;;;;;;;;;;;;;;;;;;;;;;;;;;;;;;;;;;;;;;/i;;;;;;;;;48*1+2T;2*1+2. The second-order valence-electron chi connectivity index (χ2n) is 31.6. The number of rotatable bonds is 24. The number of allylic oxidation sites excluding steroid dienone is 1. The van der Waals surface area contributed by atoms with E-state index in [0.29, 0.717) is 22.7 Å². The third-order valence-corrected chi connectivity index (χ3v) is 21.7. The molecule has 15 aromatic carbocycles. The van der Waals surface area contributed by atoms with Crippen LogP contribution in [0.15, 0.2) is 320 Å². The van der Waals surface area contributed by atoms with Gasteiger partial charge in [-0.2, -0.15) is 13.2 Å². The summed E-state index contributed by atoms with van der Waals surface area (Å²) in [5, 5.41) is 35.6. The number of halogens is 16. The topological polar surface area (TPSA) is 98.0 Å². The maximum Gasteiger partial charge on any atom is 0.491 e. The van der Waals surface area contributed by atoms with E-state index in [9.17, 15) is 70.7 Å². The molecular formula is C114H208B2BrF15O5. The van der Waals surface area contributed by atoms with Crippen molar-refractivity contribution in [2.45, 2.75) is 140 Å². The van der Waals surface area contributed by atoms with E-state index < -0.39 is 89.7 Å². The lowest BCUT2D eigenvalue weighted by Gasteiger charge is -2.10. The van der Waals surface area contributed by atoms with Crippen LogP contribution >= 0.6 is 15.9 Å². The maximum absolute atomic E-state index is 14.7. The van der Waals surface area contributed by atoms with E-state index >= 15 is 0 Å². The molecule has 0 amide bonds. The molecular weight excluding hydrogens is 1840 g/mol. The molecule has 0 radical (unpaired) electrons. The third kappa shape index (κ3) is 34.4. The Hall–Kier alpha value is -12.9. The smallest absolute Gasteiger partial charge is 0.423 e. The molecule has 0 heterocycles. The van der Waals surface area contributed by atoms with E-state index in [4.69, 9.17) is 163 Å². The summed E-state index contributed by atoms with van der Waals surface area (Å²) in [6, 6.07) is 84.7. The Morgan fingerprint density at radius 2 is 0.547 bits per heavy atom. The van der Waals surface area contributed by atoms with E-state index in [2.05, 4.69) is 81.7 Å². The Morgan fingerprint density at radius 1 is 0.285 bits per heavy atom. The SMILES string of the molecule is C.C.CCCc1ccc(-c2ccc(-c3cc(F)c(/C=C/C(F)(F)F)c(F)c3)c(F)c2)cc1.CCCc1ccc(-c2ccc(-c3cc(F)c(C=O)c(F)c3)c(F)c2)cc1.CCCc1ccc(-c2ccc(-c3cc(F)cc(F)c3)c(F)c2)cc1.CCCc1ccc(-c2ccc(B(O)O)c(F)c2)cc1.CCCc1ccc(-c2cccc(F)c2)cc1.CCCc1ccc(B(O)O)cc1.Fc1cccc(Br)c1.[3HH].[3HH].[3H][3H].[3H][3H].[3H][3H].[3H][3H].[3H][3H].[3H][3H].[3H][3H].[3H][3H].[3H][3H].[3H][3H].[3H][3H].[3H][3H].[3H][3H].[3H][3H].[3H][3H].[3H][3H].[3H][3H].[3H][3H].[3H][3H].[3H][3H].[3H][3H].[3H][3H].[3H][3H].[3H][3H].[3H][3H].[3H][3H].[3H][3H].[3H][3H].[3H][3H].[3H][3H].[3H][3H].[3H][3H].[3H][3H].[3H][3H].[3H][3H].[3H][3H].[3H][3H].[3H][3H].[3H][3H].[3H][3H].[3H][3H].[3H][3H].[3H][3H].[3H][3H].[3H][3H].[3H][3H].[3H][3H].[3H][3H]. The first-order valence-corrected chi connectivity index (χ1v) is 44.8. The number of benzene rings is 15. The quantitative estimate of drug-likeness (QED) is 0.0275. The van der Waals surface area contributed by atoms with Crippen molar-refractivity contribution in [1.29, 1.82) is 0 Å². The first-order chi connectivity index (χ1) is 113. The summed E-state index contributed by atoms with van der Waals surface area (Å²) in [5.41, 5.74) is 15.0. The van der Waals surface area contributed by atoms with Gasteiger partial charge in [-0.15, -0.1) is 0 Å². The Morgan fingerprint density at radius 3 is 0.810 bits per heavy atom. The van der Waals surface area contributed by atoms with Crippen LogP contribution < -0.4 is 10.9 Å². The van der Waals surface area contributed by atoms with Crippen molar-refractivity contribution < 1.29 is 236 Å². The molecule has 0 saturated heterocycles. The van der Waals surface area contributed by atoms with Crippen LogP contribution in [-0.2, 0) is 38.5 Å². The third-order valence-electron chi connectivity index (χ3n) is 21.3. The molecule has 0 aliphatic carbocycles. The number of aldehydes is 1. The number of hydrogen-bond acceptors (Lipinski definition) is 5. The van der Waals surface area contributed by atoms with Crippen LogP contribution in [0.1, 0.15) is 290 Å². The number of hydrogen-bond donors (Lipinski definition) is 4. The molecule has 0 atom stereocenters. The van der Waals surface area contributed by atoms with Crippen molar-refractivity contribution in [2.24, 2.45) is 0 Å². The van der Waals surface area contributed by atoms with Gasteiger partial charge in [0.15, 0.2) is 6.29 Å². The predicted molar refractivity (Wildman–Crippen MR) is 639 cm³/mol. The summed E-state index contributed by atoms with van der Waals surface area (Å²) < 4.78 is 683. The monoisotopic (exact) mass is 2240 g/mol. The van der Waals surface area contributed by atoms with Crippen molar-refractivity contribution in [2.75, 3.05) is 0 Å². The Labute approximate surface area is 953 Å². The molecule has 812 valence electrons. The van der Waals surface area contributed by atoms with Gasteiger partial charge in [0, 0.05) is 190 Å². The molecule has 0 unspecified atom stereocenters. The summed E-state index contributed by atoms with van der Waals surface area (Å²) in [6.45, 7) is 12.7. The number of alkyl halides is 3. The molecule has 0 spiro atoms. The van der Waals surface area contributed by atoms with Gasteiger partial charge >= 0.3 is 20.4 Å². The Kier molecular flexibility index (Phi) is 24.0. The molecule has 5 nitrogen and oxygen atoms in total. The molecule has 15 aromatic rings. The van der Waals surface area contributed by atoms with Crippen LogP contribution in [0.5, 0.6) is 0 Å². The molecule has 0 aliphatic heterocycles. The lowest BCUT2D eigenvalue weighted by atomic mass is 9.79. The van der Waals surface area contributed by atoms with E-state index in [-0.39, 0.29) is 80.5 Å². The van der Waals surface area contributed by atoms with Crippen molar-refractivity contribution in [3.63, 3.8) is 0 Å². The number of carbonyl (C=O) groups excluding carboxylic acids is 1. The first kappa shape index (κ1) is 59.3. The minimum Gasteiger partial charge on any atom is -0.423 e. The average molecular weight is 2240 g/mol. The fourth-order valence-electron chi connectivity index (χ4n) is 14.4. The van der Waals surface area contributed by atoms with Crippen LogP contribution in [0.2, 0.25) is 0 Å². The minimum atomic E-state index is -4.70. The van der Waals surface area contributed by atoms with Gasteiger partial charge < -0.3 is 20.1 Å². The van der Waals surface area contributed by atoms with Crippen molar-refractivity contribution in [3.8, 4) is 89.0 Å². The zero-order chi connectivity index (χ0) is 194. The van der Waals surface area contributed by atoms with Crippen molar-refractivity contribution >= 4 is 53.5 Å². The summed E-state index contributed by atoms with van der Waals surface area (Å²) in [7, 11) is -3.12. The molecule has 0 bridgehead atoms. The molecule has 0 saturated carbocycles. The summed E-state index contributed by atoms with van der Waals surface area (Å²) in [5.74, 6) is -8.66. The van der Waals surface area contributed by atoms with Gasteiger partial charge in [0.25, 0.3) is 0 Å². The lowest BCUT2D eigenvalue weighted by molar-refractivity contribution is -0.0791. The maximum atomic E-state index is 14.7. The number of aryl methyl sites for hydroxylation is 6. The highest BCUT2D eigenvalue weighted by molar-refractivity contribution is 9.10. The molecule has 0 aromatic heterocycles. The van der Waals surface area contributed by atoms with E-state index in [1.54, 1.807) is 66.7 Å². The summed E-state index contributed by atoms with van der Waals surface area (Å²) in [4.78, 5) is 10.7. The lowest BCUT2D eigenvalue weighted by Crippen LogP contribution is -2.32. The van der Waals surface area contributed by atoms with Gasteiger partial charge in [0.2, 0.25) is 0 Å². The van der Waals surface area contributed by atoms with Crippen LogP contribution in [0, 0.1) is 69.8 Å². The van der Waals surface area contributed by atoms with Crippen LogP contribution in [-0.4, -0.2) is 46.8 Å². The van der Waals surface area contributed by atoms with Gasteiger partial charge in [-0.3, -0.25) is 4.79 Å². The van der Waals surface area contributed by atoms with Crippen LogP contribution in [0.25, 0.3) is 95.1 Å². The molecule has 0 fully saturated rings. The Balaban J connectivity index is -0.0000000400. The minimum absolute atomic E-state index is 0. The number of carbonyl (C=O) groups is 1. The van der Waals surface area contributed by atoms with Gasteiger partial charge in [0.05, 0.1) is 5.56 Å². The first-order valence-electron chi connectivity index (χ1n) is 92.0. The zero-order valence-electron chi connectivity index (χ0n) is 171. The molecule has 137 heavy (non-hydrogen) atoms. The van der Waals surface area contributed by atoms with E-state index in [1.807, 2.05) is 115 Å². The second-order valence-corrected chi connectivity index (χ2v) is 32.5. The molecule has 23 heteroatoms. The zero-order valence-corrected chi connectivity index (χ0v) is 76.6. The van der Waals surface area contributed by atoms with E-state index in [1.165, 1.54) is 94.0 Å². The Bertz CT molecular complexity index is 6510. The normalized spacial score (nSPS) is 13.4. The van der Waals surface area contributed by atoms with Gasteiger partial charge in [-0.05, 0) is 247 Å². The van der Waals surface area contributed by atoms with Gasteiger partial charge in [0.1, 0.15) is 69.8 Å². The second kappa shape index (κ2) is 55.4. The molecule has 15 rings (SSSR count). The highest BCUT2D eigenvalue weighted by atomic mass is 79.9.